The molecule has 18 heavy (non-hydrogen) atoms. The minimum absolute atomic E-state index is 0.161. The Morgan fingerprint density at radius 1 is 1.50 bits per heavy atom. The van der Waals surface area contributed by atoms with Crippen molar-refractivity contribution in [3.63, 3.8) is 0 Å². The second-order valence-corrected chi connectivity index (χ2v) is 4.75. The van der Waals surface area contributed by atoms with Crippen molar-refractivity contribution >= 4 is 0 Å². The van der Waals surface area contributed by atoms with Crippen LogP contribution < -0.4 is 5.32 Å². The average Bonchev–Trinajstić information content (AvgIpc) is 2.93. The van der Waals surface area contributed by atoms with Gasteiger partial charge in [0.2, 0.25) is 0 Å². The fourth-order valence-corrected chi connectivity index (χ4v) is 2.40. The minimum atomic E-state index is 0.161. The summed E-state index contributed by atoms with van der Waals surface area (Å²) >= 11 is 0. The fourth-order valence-electron chi connectivity index (χ4n) is 2.40. The van der Waals surface area contributed by atoms with Crippen molar-refractivity contribution in [3.8, 4) is 0 Å². The zero-order valence-corrected chi connectivity index (χ0v) is 11.4. The molecule has 2 heterocycles. The Bertz CT molecular complexity index is 327. The molecular weight excluding hydrogens is 228 g/mol. The number of hydrogen-bond acceptors (Lipinski definition) is 4. The van der Waals surface area contributed by atoms with Gasteiger partial charge in [-0.25, -0.2) is 0 Å². The van der Waals surface area contributed by atoms with Gasteiger partial charge in [-0.1, -0.05) is 13.8 Å². The molecule has 0 aromatic carbocycles. The van der Waals surface area contributed by atoms with E-state index >= 15 is 0 Å². The van der Waals surface area contributed by atoms with E-state index < -0.39 is 0 Å². The second-order valence-electron chi connectivity index (χ2n) is 4.75. The highest BCUT2D eigenvalue weighted by Gasteiger charge is 2.29. The molecule has 102 valence electrons. The molecule has 4 heteroatoms. The van der Waals surface area contributed by atoms with Gasteiger partial charge in [-0.05, 0) is 31.6 Å². The van der Waals surface area contributed by atoms with Gasteiger partial charge >= 0.3 is 0 Å². The molecule has 1 fully saturated rings. The van der Waals surface area contributed by atoms with Gasteiger partial charge < -0.3 is 14.5 Å². The molecule has 1 aromatic heterocycles. The predicted octanol–water partition coefficient (Wildman–Crippen LogP) is 2.04. The lowest BCUT2D eigenvalue weighted by atomic mass is 10.1. The normalized spacial score (nSPS) is 23.1. The summed E-state index contributed by atoms with van der Waals surface area (Å²) in [4.78, 5) is 2.43. The van der Waals surface area contributed by atoms with Crippen LogP contribution in [0, 0.1) is 0 Å². The van der Waals surface area contributed by atoms with Crippen LogP contribution in [0.5, 0.6) is 0 Å². The Morgan fingerprint density at radius 3 is 3.06 bits per heavy atom. The second kappa shape index (κ2) is 6.92. The van der Waals surface area contributed by atoms with Crippen LogP contribution in [0.2, 0.25) is 0 Å². The smallest absolute Gasteiger partial charge is 0.123 e. The van der Waals surface area contributed by atoms with E-state index in [4.69, 9.17) is 9.15 Å². The van der Waals surface area contributed by atoms with E-state index in [2.05, 4.69) is 24.1 Å². The Labute approximate surface area is 109 Å². The first-order valence-electron chi connectivity index (χ1n) is 6.95. The number of nitrogens with one attached hydrogen (secondary N) is 1. The first kappa shape index (κ1) is 13.6. The number of morpholine rings is 1. The van der Waals surface area contributed by atoms with E-state index in [0.29, 0.717) is 0 Å². The van der Waals surface area contributed by atoms with E-state index in [1.807, 2.05) is 12.1 Å². The molecule has 2 unspecified atom stereocenters. The molecule has 0 aliphatic carbocycles. The lowest BCUT2D eigenvalue weighted by Gasteiger charge is -2.36. The maximum absolute atomic E-state index is 5.93. The number of rotatable bonds is 6. The van der Waals surface area contributed by atoms with Crippen LogP contribution in [0.1, 0.15) is 32.1 Å². The maximum Gasteiger partial charge on any atom is 0.123 e. The Hall–Kier alpha value is -0.840. The lowest BCUT2D eigenvalue weighted by Crippen LogP contribution is -2.48. The molecule has 0 spiro atoms. The summed E-state index contributed by atoms with van der Waals surface area (Å²) in [5.74, 6) is 0.978. The van der Waals surface area contributed by atoms with Crippen molar-refractivity contribution in [2.75, 3.05) is 32.8 Å². The number of furan rings is 1. The number of ether oxygens (including phenoxy) is 1. The van der Waals surface area contributed by atoms with E-state index in [1.54, 1.807) is 6.26 Å². The van der Waals surface area contributed by atoms with Gasteiger partial charge in [0.1, 0.15) is 5.76 Å². The van der Waals surface area contributed by atoms with Crippen molar-refractivity contribution in [2.45, 2.75) is 32.4 Å². The molecule has 1 saturated heterocycles. The minimum Gasteiger partial charge on any atom is -0.468 e. The summed E-state index contributed by atoms with van der Waals surface area (Å²) < 4.78 is 11.5. The summed E-state index contributed by atoms with van der Waals surface area (Å²) in [6.45, 7) is 9.25. The molecule has 0 amide bonds. The highest BCUT2D eigenvalue weighted by atomic mass is 16.5. The van der Waals surface area contributed by atoms with Gasteiger partial charge in [0.15, 0.2) is 0 Å². The Balaban J connectivity index is 2.03. The van der Waals surface area contributed by atoms with Crippen LogP contribution in [0.3, 0.4) is 0 Å². The monoisotopic (exact) mass is 252 g/mol. The molecule has 0 saturated carbocycles. The molecule has 1 aromatic rings. The molecular formula is C14H24N2O2. The van der Waals surface area contributed by atoms with Crippen LogP contribution in [0.15, 0.2) is 22.8 Å². The lowest BCUT2D eigenvalue weighted by molar-refractivity contribution is -0.0488. The number of nitrogens with zero attached hydrogens (tertiary/aromatic N) is 1. The van der Waals surface area contributed by atoms with Gasteiger partial charge in [0.25, 0.3) is 0 Å². The van der Waals surface area contributed by atoms with Crippen molar-refractivity contribution in [3.05, 3.63) is 24.2 Å². The van der Waals surface area contributed by atoms with Gasteiger partial charge in [0.05, 0.1) is 25.0 Å². The van der Waals surface area contributed by atoms with Crippen molar-refractivity contribution in [2.24, 2.45) is 0 Å². The van der Waals surface area contributed by atoms with Gasteiger partial charge in [-0.3, -0.25) is 4.90 Å². The van der Waals surface area contributed by atoms with Crippen LogP contribution >= 0.6 is 0 Å². The van der Waals surface area contributed by atoms with Crippen molar-refractivity contribution < 1.29 is 9.15 Å². The molecule has 0 bridgehead atoms. The summed E-state index contributed by atoms with van der Waals surface area (Å²) in [7, 11) is 0. The Kier molecular flexibility index (Phi) is 5.23. The molecule has 0 radical (unpaired) electrons. The molecule has 1 aliphatic heterocycles. The van der Waals surface area contributed by atoms with Gasteiger partial charge in [-0.15, -0.1) is 0 Å². The molecule has 4 nitrogen and oxygen atoms in total. The quantitative estimate of drug-likeness (QED) is 0.841. The molecule has 1 N–H and O–H groups in total. The third-order valence-corrected chi connectivity index (χ3v) is 3.46. The van der Waals surface area contributed by atoms with E-state index in [1.165, 1.54) is 0 Å². The topological polar surface area (TPSA) is 37.6 Å². The summed E-state index contributed by atoms with van der Waals surface area (Å²) in [5.41, 5.74) is 0. The highest BCUT2D eigenvalue weighted by molar-refractivity contribution is 5.07. The largest absolute Gasteiger partial charge is 0.468 e. The predicted molar refractivity (Wildman–Crippen MR) is 71.6 cm³/mol. The van der Waals surface area contributed by atoms with Crippen LogP contribution in [-0.4, -0.2) is 43.8 Å². The first-order valence-corrected chi connectivity index (χ1v) is 6.95. The van der Waals surface area contributed by atoms with Crippen LogP contribution in [0.25, 0.3) is 0 Å². The summed E-state index contributed by atoms with van der Waals surface area (Å²) in [6.07, 6.45) is 3.02. The number of likely N-dealkylation sites (N-methyl/N-ethyl adjacent to an activating group) is 1. The zero-order valence-electron chi connectivity index (χ0n) is 11.4. The van der Waals surface area contributed by atoms with Gasteiger partial charge in [-0.2, -0.15) is 0 Å². The third-order valence-electron chi connectivity index (χ3n) is 3.46. The fraction of sp³-hybridized carbons (Fsp3) is 0.714. The number of hydrogen-bond donors (Lipinski definition) is 1. The first-order chi connectivity index (χ1) is 8.85. The van der Waals surface area contributed by atoms with E-state index in [0.717, 1.165) is 45.0 Å². The third kappa shape index (κ3) is 3.34. The van der Waals surface area contributed by atoms with Crippen molar-refractivity contribution in [1.82, 2.24) is 10.2 Å². The molecule has 2 atom stereocenters. The van der Waals surface area contributed by atoms with E-state index in [-0.39, 0.29) is 12.1 Å². The maximum atomic E-state index is 5.93. The van der Waals surface area contributed by atoms with Crippen LogP contribution in [-0.2, 0) is 4.74 Å². The summed E-state index contributed by atoms with van der Waals surface area (Å²) in [5, 5.41) is 3.54. The zero-order chi connectivity index (χ0) is 12.8. The average molecular weight is 252 g/mol. The van der Waals surface area contributed by atoms with Gasteiger partial charge in [0, 0.05) is 13.1 Å². The SMILES string of the molecule is CCCNC(c1ccco1)C1CN(CC)CCO1. The highest BCUT2D eigenvalue weighted by Crippen LogP contribution is 2.23. The van der Waals surface area contributed by atoms with Crippen molar-refractivity contribution in [1.29, 1.82) is 0 Å². The Morgan fingerprint density at radius 2 is 2.39 bits per heavy atom. The molecule has 1 aliphatic rings. The van der Waals surface area contributed by atoms with Crippen LogP contribution in [0.4, 0.5) is 0 Å². The molecule has 2 rings (SSSR count). The summed E-state index contributed by atoms with van der Waals surface area (Å²) in [6, 6.07) is 4.13. The van der Waals surface area contributed by atoms with E-state index in [9.17, 15) is 0 Å². The standard InChI is InChI=1S/C14H24N2O2/c1-3-7-15-14(12-6-5-9-17-12)13-11-16(4-2)8-10-18-13/h5-6,9,13-15H,3-4,7-8,10-11H2,1-2H3.